The van der Waals surface area contributed by atoms with E-state index >= 15 is 4.79 Å². The first-order valence-electron chi connectivity index (χ1n) is 17.2. The molecule has 4 heterocycles. The number of aromatic nitrogens is 4. The molecule has 0 bridgehead atoms. The number of nitrogens with one attached hydrogen (secondary N) is 1. The van der Waals surface area contributed by atoms with Gasteiger partial charge in [-0.05, 0) is 101 Å². The fourth-order valence-electron chi connectivity index (χ4n) is 7.37. The number of esters is 1. The van der Waals surface area contributed by atoms with Gasteiger partial charge in [-0.1, -0.05) is 41.4 Å². The number of carbonyl (C=O) groups is 2. The summed E-state index contributed by atoms with van der Waals surface area (Å²) in [5.74, 6) is 0.209. The lowest BCUT2D eigenvalue weighted by Gasteiger charge is -2.22. The number of rotatable bonds is 9. The highest BCUT2D eigenvalue weighted by Gasteiger charge is 2.33. The molecule has 3 aromatic heterocycles. The lowest BCUT2D eigenvalue weighted by Crippen LogP contribution is -2.32. The molecule has 1 aliphatic rings. The van der Waals surface area contributed by atoms with E-state index in [9.17, 15) is 4.79 Å². The van der Waals surface area contributed by atoms with E-state index in [4.69, 9.17) is 32.7 Å². The van der Waals surface area contributed by atoms with Crippen LogP contribution in [-0.2, 0) is 17.7 Å². The molecule has 0 unspecified atom stereocenters. The van der Waals surface area contributed by atoms with Crippen LogP contribution in [0, 0.1) is 27.7 Å². The highest BCUT2D eigenvalue weighted by Crippen LogP contribution is 2.43. The fraction of sp³-hybridized carbons (Fsp3) is 0.300. The molecule has 0 saturated carbocycles. The zero-order valence-corrected chi connectivity index (χ0v) is 30.8. The smallest absolute Gasteiger partial charge is 0.354 e. The molecular weight excluding hydrogens is 685 g/mol. The zero-order chi connectivity index (χ0) is 36.0. The Morgan fingerprint density at radius 1 is 0.961 bits per heavy atom. The Labute approximate surface area is 306 Å². The van der Waals surface area contributed by atoms with Gasteiger partial charge in [0.2, 0.25) is 0 Å². The number of anilines is 1. The first-order valence-corrected chi connectivity index (χ1v) is 18.0. The number of amides is 1. The van der Waals surface area contributed by atoms with Gasteiger partial charge < -0.3 is 23.9 Å². The molecule has 0 radical (unpaired) electrons. The number of benzene rings is 3. The van der Waals surface area contributed by atoms with Gasteiger partial charge in [-0.2, -0.15) is 0 Å². The summed E-state index contributed by atoms with van der Waals surface area (Å²) in [6.07, 6.45) is 3.51. The van der Waals surface area contributed by atoms with E-state index in [0.29, 0.717) is 66.6 Å². The number of aromatic amines is 1. The summed E-state index contributed by atoms with van der Waals surface area (Å²) in [5.41, 5.74) is 9.46. The van der Waals surface area contributed by atoms with Crippen LogP contribution in [0.4, 0.5) is 5.69 Å². The third kappa shape index (κ3) is 6.23. The van der Waals surface area contributed by atoms with Crippen molar-refractivity contribution in [3.05, 3.63) is 104 Å². The van der Waals surface area contributed by atoms with Gasteiger partial charge in [0.1, 0.15) is 23.5 Å². The number of ether oxygens (including phenoxy) is 2. The van der Waals surface area contributed by atoms with Gasteiger partial charge in [0.05, 0.1) is 35.0 Å². The topological polar surface area (TPSA) is 102 Å². The summed E-state index contributed by atoms with van der Waals surface area (Å²) in [4.78, 5) is 41.8. The van der Waals surface area contributed by atoms with Crippen molar-refractivity contribution in [2.45, 2.75) is 60.4 Å². The Morgan fingerprint density at radius 3 is 2.43 bits per heavy atom. The normalized spacial score (nSPS) is 13.2. The number of fused-ring (bicyclic) bond motifs is 4. The number of hydrogen-bond acceptors (Lipinski definition) is 6. The van der Waals surface area contributed by atoms with Crippen LogP contribution >= 0.6 is 23.2 Å². The van der Waals surface area contributed by atoms with Crippen molar-refractivity contribution in [3.8, 4) is 16.9 Å². The van der Waals surface area contributed by atoms with Crippen molar-refractivity contribution >= 4 is 62.6 Å². The number of H-pyrrole nitrogens is 1. The largest absolute Gasteiger partial charge is 0.494 e. The van der Waals surface area contributed by atoms with Gasteiger partial charge in [-0.15, -0.1) is 0 Å². The molecule has 7 rings (SSSR count). The Morgan fingerprint density at radius 2 is 1.71 bits per heavy atom. The maximum atomic E-state index is 15.0. The van der Waals surface area contributed by atoms with Gasteiger partial charge in [0, 0.05) is 51.4 Å². The van der Waals surface area contributed by atoms with Crippen molar-refractivity contribution in [1.82, 2.24) is 19.5 Å². The van der Waals surface area contributed by atoms with E-state index in [0.717, 1.165) is 66.3 Å². The Bertz CT molecular complexity index is 2300. The monoisotopic (exact) mass is 723 g/mol. The maximum Gasteiger partial charge on any atom is 0.354 e. The predicted molar refractivity (Wildman–Crippen MR) is 203 cm³/mol. The van der Waals surface area contributed by atoms with Gasteiger partial charge in [0.15, 0.2) is 0 Å². The molecule has 262 valence electrons. The summed E-state index contributed by atoms with van der Waals surface area (Å²) in [6, 6.07) is 15.4. The quantitative estimate of drug-likeness (QED) is 0.118. The average molecular weight is 725 g/mol. The zero-order valence-electron chi connectivity index (χ0n) is 29.3. The van der Waals surface area contributed by atoms with Crippen molar-refractivity contribution in [3.63, 3.8) is 0 Å². The second-order valence-corrected chi connectivity index (χ2v) is 13.8. The molecule has 0 aliphatic carbocycles. The van der Waals surface area contributed by atoms with Gasteiger partial charge in [0.25, 0.3) is 5.91 Å². The van der Waals surface area contributed by atoms with Crippen molar-refractivity contribution in [2.24, 2.45) is 0 Å². The van der Waals surface area contributed by atoms with E-state index in [1.165, 1.54) is 0 Å². The van der Waals surface area contributed by atoms with E-state index in [1.54, 1.807) is 19.3 Å². The van der Waals surface area contributed by atoms with Crippen LogP contribution in [0.15, 0.2) is 54.9 Å². The molecule has 1 aliphatic heterocycles. The van der Waals surface area contributed by atoms with Gasteiger partial charge in [-0.3, -0.25) is 4.79 Å². The summed E-state index contributed by atoms with van der Waals surface area (Å²) >= 11 is 13.4. The minimum atomic E-state index is -0.435. The predicted octanol–water partition coefficient (Wildman–Crippen LogP) is 9.36. The van der Waals surface area contributed by atoms with Crippen LogP contribution in [0.25, 0.3) is 32.9 Å². The number of nitrogens with zero attached hydrogens (tertiary/aromatic N) is 4. The highest BCUT2D eigenvalue weighted by molar-refractivity contribution is 6.35. The molecule has 0 saturated heterocycles. The Kier molecular flexibility index (Phi) is 9.52. The van der Waals surface area contributed by atoms with E-state index in [-0.39, 0.29) is 12.5 Å². The molecule has 1 amide bonds. The van der Waals surface area contributed by atoms with Crippen molar-refractivity contribution in [1.29, 1.82) is 0 Å². The van der Waals surface area contributed by atoms with E-state index in [2.05, 4.69) is 19.5 Å². The Hall–Kier alpha value is -4.86. The molecule has 6 aromatic rings. The van der Waals surface area contributed by atoms with Crippen molar-refractivity contribution < 1.29 is 19.1 Å². The number of hydrogen-bond donors (Lipinski definition) is 1. The maximum absolute atomic E-state index is 15.0. The summed E-state index contributed by atoms with van der Waals surface area (Å²) < 4.78 is 13.6. The second kappa shape index (κ2) is 14.0. The first kappa shape index (κ1) is 34.6. The number of aryl methyl sites for hydroxylation is 6. The number of carbonyl (C=O) groups excluding carboxylic acids is 2. The number of para-hydroxylation sites is 1. The lowest BCUT2D eigenvalue weighted by molar-refractivity contribution is 0.0520. The molecule has 0 fully saturated rings. The fourth-order valence-corrected chi connectivity index (χ4v) is 7.72. The average Bonchev–Trinajstić information content (AvgIpc) is 3.63. The molecule has 51 heavy (non-hydrogen) atoms. The Balaban J connectivity index is 1.35. The molecule has 3 aromatic carbocycles. The SMILES string of the molecule is CCOC(=O)c1cc2cccc(N3CCCn4c(c(CCCOc5cc(C)c(Cl)c(C)c5)c5ccc(Cl)c(-c6c(C)ncnc6C)c54)C3=O)c2[nH]1. The molecule has 9 nitrogen and oxygen atoms in total. The standard InChI is InChI=1S/C40H39Cl2N5O4/c1-6-50-40(49)31-20-26-10-7-12-32(36(26)45-31)46-15-9-16-47-37-29(13-14-30(41)34(37)33-24(4)43-21-44-25(33)5)28(38(47)39(46)48)11-8-17-51-27-18-22(2)35(42)23(3)19-27/h7,10,12-14,18-21,45H,6,8-9,11,15-17H2,1-5H3. The van der Waals surface area contributed by atoms with E-state index < -0.39 is 5.97 Å². The second-order valence-electron chi connectivity index (χ2n) is 13.0. The molecule has 0 spiro atoms. The summed E-state index contributed by atoms with van der Waals surface area (Å²) in [7, 11) is 0. The third-order valence-corrected chi connectivity index (χ3v) is 10.5. The van der Waals surface area contributed by atoms with Crippen molar-refractivity contribution in [2.75, 3.05) is 24.7 Å². The minimum Gasteiger partial charge on any atom is -0.494 e. The number of halogens is 2. The van der Waals surface area contributed by atoms with E-state index in [1.807, 2.05) is 75.1 Å². The molecule has 1 N–H and O–H groups in total. The van der Waals surface area contributed by atoms with Crippen LogP contribution in [0.1, 0.15) is 68.8 Å². The highest BCUT2D eigenvalue weighted by atomic mass is 35.5. The minimum absolute atomic E-state index is 0.122. The van der Waals surface area contributed by atoms with Crippen LogP contribution in [0.5, 0.6) is 5.75 Å². The third-order valence-electron chi connectivity index (χ3n) is 9.64. The van der Waals surface area contributed by atoms with Crippen LogP contribution < -0.4 is 9.64 Å². The van der Waals surface area contributed by atoms with Crippen LogP contribution in [0.3, 0.4) is 0 Å². The van der Waals surface area contributed by atoms with Crippen LogP contribution in [0.2, 0.25) is 10.0 Å². The van der Waals surface area contributed by atoms with Gasteiger partial charge >= 0.3 is 5.97 Å². The first-order chi connectivity index (χ1) is 24.6. The van der Waals surface area contributed by atoms with Crippen LogP contribution in [-0.4, -0.2) is 51.2 Å². The molecule has 11 heteroatoms. The molecule has 0 atom stereocenters. The summed E-state index contributed by atoms with van der Waals surface area (Å²) in [6.45, 7) is 11.4. The molecular formula is C40H39Cl2N5O4. The lowest BCUT2D eigenvalue weighted by atomic mass is 9.97. The summed E-state index contributed by atoms with van der Waals surface area (Å²) in [5, 5.41) is 3.10. The van der Waals surface area contributed by atoms with Gasteiger partial charge in [-0.25, -0.2) is 14.8 Å².